The van der Waals surface area contributed by atoms with E-state index in [9.17, 15) is 4.79 Å². The van der Waals surface area contributed by atoms with Crippen LogP contribution in [0.1, 0.15) is 19.8 Å². The minimum atomic E-state index is 0.0374. The van der Waals surface area contributed by atoms with Gasteiger partial charge in [0.25, 0.3) is 0 Å². The van der Waals surface area contributed by atoms with E-state index in [1.807, 2.05) is 25.3 Å². The summed E-state index contributed by atoms with van der Waals surface area (Å²) in [5.41, 5.74) is 2.15. The van der Waals surface area contributed by atoms with Gasteiger partial charge in [-0.1, -0.05) is 6.92 Å². The summed E-state index contributed by atoms with van der Waals surface area (Å²) in [6.07, 6.45) is 4.53. The normalized spacial score (nSPS) is 17.1. The zero-order chi connectivity index (χ0) is 17.5. The van der Waals surface area contributed by atoms with Crippen LogP contribution in [0, 0.1) is 11.8 Å². The quantitative estimate of drug-likeness (QED) is 0.818. The maximum absolute atomic E-state index is 12.1. The number of thioether (sulfide) groups is 1. The number of carbonyl (C=O) groups is 1. The minimum Gasteiger partial charge on any atom is -0.372 e. The summed E-state index contributed by atoms with van der Waals surface area (Å²) in [5.74, 6) is 1.80. The SMILES string of the molecule is CSC[C@H](C)C(=O)Nc1ccc(N2CCC(CN(C)C)CC2)cc1. The third kappa shape index (κ3) is 5.71. The summed E-state index contributed by atoms with van der Waals surface area (Å²) >= 11 is 1.70. The number of nitrogens with zero attached hydrogens (tertiary/aromatic N) is 2. The van der Waals surface area contributed by atoms with Gasteiger partial charge in [-0.2, -0.15) is 11.8 Å². The highest BCUT2D eigenvalue weighted by Crippen LogP contribution is 2.25. The van der Waals surface area contributed by atoms with Crippen molar-refractivity contribution < 1.29 is 4.79 Å². The predicted octanol–water partition coefficient (Wildman–Crippen LogP) is 3.40. The van der Waals surface area contributed by atoms with E-state index >= 15 is 0 Å². The monoisotopic (exact) mass is 349 g/mol. The van der Waals surface area contributed by atoms with Crippen LogP contribution in [0.4, 0.5) is 11.4 Å². The van der Waals surface area contributed by atoms with Crippen molar-refractivity contribution in [2.24, 2.45) is 11.8 Å². The zero-order valence-electron chi connectivity index (χ0n) is 15.4. The van der Waals surface area contributed by atoms with Gasteiger partial charge in [-0.05, 0) is 63.4 Å². The van der Waals surface area contributed by atoms with Crippen LogP contribution in [0.5, 0.6) is 0 Å². The van der Waals surface area contributed by atoms with E-state index in [1.165, 1.54) is 25.1 Å². The first-order valence-electron chi connectivity index (χ1n) is 8.79. The number of hydrogen-bond acceptors (Lipinski definition) is 4. The summed E-state index contributed by atoms with van der Waals surface area (Å²) in [5, 5.41) is 3.01. The maximum atomic E-state index is 12.1. The minimum absolute atomic E-state index is 0.0374. The van der Waals surface area contributed by atoms with E-state index < -0.39 is 0 Å². The molecule has 0 unspecified atom stereocenters. The summed E-state index contributed by atoms with van der Waals surface area (Å²) in [6, 6.07) is 8.29. The van der Waals surface area contributed by atoms with Crippen LogP contribution >= 0.6 is 11.8 Å². The van der Waals surface area contributed by atoms with Crippen LogP contribution in [0.15, 0.2) is 24.3 Å². The molecule has 1 N–H and O–H groups in total. The number of benzene rings is 1. The summed E-state index contributed by atoms with van der Waals surface area (Å²) in [6.45, 7) is 5.40. The molecule has 1 heterocycles. The van der Waals surface area contributed by atoms with E-state index in [0.29, 0.717) is 0 Å². The van der Waals surface area contributed by atoms with E-state index in [1.54, 1.807) is 11.8 Å². The molecular weight excluding hydrogens is 318 g/mol. The molecule has 1 atom stereocenters. The van der Waals surface area contributed by atoms with Gasteiger partial charge in [-0.15, -0.1) is 0 Å². The number of rotatable bonds is 7. The van der Waals surface area contributed by atoms with Crippen LogP contribution in [-0.2, 0) is 4.79 Å². The Morgan fingerprint density at radius 2 is 1.92 bits per heavy atom. The molecule has 0 radical (unpaired) electrons. The second-order valence-corrected chi connectivity index (χ2v) is 8.00. The maximum Gasteiger partial charge on any atom is 0.228 e. The Morgan fingerprint density at radius 1 is 1.29 bits per heavy atom. The molecule has 4 nitrogen and oxygen atoms in total. The standard InChI is InChI=1S/C19H31N3OS/c1-15(14-24-4)19(23)20-17-5-7-18(8-6-17)22-11-9-16(10-12-22)13-21(2)3/h5-8,15-16H,9-14H2,1-4H3,(H,20,23)/t15-/m0/s1. The van der Waals surface area contributed by atoms with Gasteiger partial charge in [0.15, 0.2) is 0 Å². The molecular formula is C19H31N3OS. The van der Waals surface area contributed by atoms with Crippen molar-refractivity contribution in [1.82, 2.24) is 4.90 Å². The van der Waals surface area contributed by atoms with E-state index in [-0.39, 0.29) is 11.8 Å². The molecule has 134 valence electrons. The van der Waals surface area contributed by atoms with Gasteiger partial charge >= 0.3 is 0 Å². The van der Waals surface area contributed by atoms with Gasteiger partial charge in [0.05, 0.1) is 0 Å². The topological polar surface area (TPSA) is 35.6 Å². The summed E-state index contributed by atoms with van der Waals surface area (Å²) < 4.78 is 0. The molecule has 24 heavy (non-hydrogen) atoms. The van der Waals surface area contributed by atoms with Crippen LogP contribution < -0.4 is 10.2 Å². The van der Waals surface area contributed by atoms with Crippen molar-refractivity contribution in [1.29, 1.82) is 0 Å². The lowest BCUT2D eigenvalue weighted by atomic mass is 9.96. The third-order valence-electron chi connectivity index (χ3n) is 4.60. The number of anilines is 2. The fraction of sp³-hybridized carbons (Fsp3) is 0.632. The molecule has 1 aromatic carbocycles. The second-order valence-electron chi connectivity index (χ2n) is 7.09. The Balaban J connectivity index is 1.85. The lowest BCUT2D eigenvalue weighted by molar-refractivity contribution is -0.118. The van der Waals surface area contributed by atoms with Gasteiger partial charge in [0, 0.05) is 42.7 Å². The molecule has 1 amide bonds. The lowest BCUT2D eigenvalue weighted by Gasteiger charge is -2.34. The molecule has 1 aliphatic heterocycles. The first-order chi connectivity index (χ1) is 11.5. The van der Waals surface area contributed by atoms with E-state index in [4.69, 9.17) is 0 Å². The Kier molecular flexibility index (Phi) is 7.43. The molecule has 0 spiro atoms. The van der Waals surface area contributed by atoms with Gasteiger partial charge in [0.1, 0.15) is 0 Å². The second kappa shape index (κ2) is 9.33. The fourth-order valence-electron chi connectivity index (χ4n) is 3.24. The highest BCUT2D eigenvalue weighted by atomic mass is 32.2. The number of nitrogens with one attached hydrogen (secondary N) is 1. The molecule has 5 heteroatoms. The fourth-order valence-corrected chi connectivity index (χ4v) is 3.89. The van der Waals surface area contributed by atoms with Crippen molar-refractivity contribution in [3.63, 3.8) is 0 Å². The van der Waals surface area contributed by atoms with Crippen molar-refractivity contribution in [2.75, 3.05) is 56.0 Å². The average molecular weight is 350 g/mol. The van der Waals surface area contributed by atoms with Crippen molar-refractivity contribution in [3.8, 4) is 0 Å². The Morgan fingerprint density at radius 3 is 2.46 bits per heavy atom. The van der Waals surface area contributed by atoms with Crippen LogP contribution in [0.3, 0.4) is 0 Å². The van der Waals surface area contributed by atoms with Crippen LogP contribution in [0.2, 0.25) is 0 Å². The number of piperidine rings is 1. The molecule has 1 fully saturated rings. The molecule has 1 saturated heterocycles. The Hall–Kier alpha value is -1.20. The Labute approximate surface area is 151 Å². The van der Waals surface area contributed by atoms with Crippen LogP contribution in [0.25, 0.3) is 0 Å². The van der Waals surface area contributed by atoms with Gasteiger partial charge in [-0.3, -0.25) is 4.79 Å². The van der Waals surface area contributed by atoms with Gasteiger partial charge in [0.2, 0.25) is 5.91 Å². The third-order valence-corrected chi connectivity index (χ3v) is 5.44. The molecule has 0 aromatic heterocycles. The smallest absolute Gasteiger partial charge is 0.228 e. The molecule has 1 aromatic rings. The number of amides is 1. The first kappa shape index (κ1) is 19.1. The lowest BCUT2D eigenvalue weighted by Crippen LogP contribution is -2.37. The van der Waals surface area contributed by atoms with E-state index in [2.05, 4.69) is 41.3 Å². The van der Waals surface area contributed by atoms with Gasteiger partial charge < -0.3 is 15.1 Å². The molecule has 0 bridgehead atoms. The average Bonchev–Trinajstić information content (AvgIpc) is 2.56. The molecule has 0 aliphatic carbocycles. The summed E-state index contributed by atoms with van der Waals surface area (Å²) in [7, 11) is 4.30. The Bertz CT molecular complexity index is 510. The number of carbonyl (C=O) groups excluding carboxylic acids is 1. The first-order valence-corrected chi connectivity index (χ1v) is 10.2. The van der Waals surface area contributed by atoms with Crippen molar-refractivity contribution in [2.45, 2.75) is 19.8 Å². The van der Waals surface area contributed by atoms with Crippen molar-refractivity contribution in [3.05, 3.63) is 24.3 Å². The van der Waals surface area contributed by atoms with E-state index in [0.717, 1.165) is 30.4 Å². The van der Waals surface area contributed by atoms with Gasteiger partial charge in [-0.25, -0.2) is 0 Å². The molecule has 0 saturated carbocycles. The number of hydrogen-bond donors (Lipinski definition) is 1. The largest absolute Gasteiger partial charge is 0.372 e. The molecule has 2 rings (SSSR count). The highest BCUT2D eigenvalue weighted by molar-refractivity contribution is 7.98. The summed E-state index contributed by atoms with van der Waals surface area (Å²) in [4.78, 5) is 16.8. The highest BCUT2D eigenvalue weighted by Gasteiger charge is 2.20. The zero-order valence-corrected chi connectivity index (χ0v) is 16.2. The van der Waals surface area contributed by atoms with Crippen LogP contribution in [-0.4, -0.2) is 56.5 Å². The van der Waals surface area contributed by atoms with Crippen molar-refractivity contribution >= 4 is 29.0 Å². The predicted molar refractivity (Wildman–Crippen MR) is 106 cm³/mol. The molecule has 1 aliphatic rings.